The number of terminal acetylenes is 1. The van der Waals surface area contributed by atoms with Gasteiger partial charge in [0.1, 0.15) is 0 Å². The topological polar surface area (TPSA) is 20.3 Å². The van der Waals surface area contributed by atoms with Crippen LogP contribution in [0.25, 0.3) is 0 Å². The predicted octanol–water partition coefficient (Wildman–Crippen LogP) is 2.91. The van der Waals surface area contributed by atoms with Crippen molar-refractivity contribution in [2.24, 2.45) is 0 Å². The minimum atomic E-state index is 0.00856. The molecule has 0 aliphatic rings. The summed E-state index contributed by atoms with van der Waals surface area (Å²) in [6.45, 7) is 4.89. The molecule has 1 amide bonds. The summed E-state index contributed by atoms with van der Waals surface area (Å²) in [5.74, 6) is 2.50. The van der Waals surface area contributed by atoms with Crippen molar-refractivity contribution in [3.05, 3.63) is 20.3 Å². The maximum absolute atomic E-state index is 12.0. The first kappa shape index (κ1) is 12.3. The van der Waals surface area contributed by atoms with Gasteiger partial charge >= 0.3 is 0 Å². The normalized spacial score (nSPS) is 9.73. The summed E-state index contributed by atoms with van der Waals surface area (Å²) >= 11 is 4.85. The molecule has 0 radical (unpaired) electrons. The van der Waals surface area contributed by atoms with Gasteiger partial charge in [-0.2, -0.15) is 0 Å². The van der Waals surface area contributed by atoms with E-state index in [9.17, 15) is 4.79 Å². The Balaban J connectivity index is 2.88. The zero-order valence-electron chi connectivity index (χ0n) is 8.71. The molecule has 80 valence electrons. The number of hydrogen-bond acceptors (Lipinski definition) is 2. The van der Waals surface area contributed by atoms with Crippen LogP contribution in [0.15, 0.2) is 9.85 Å². The van der Waals surface area contributed by atoms with Gasteiger partial charge in [-0.25, -0.2) is 0 Å². The van der Waals surface area contributed by atoms with E-state index in [-0.39, 0.29) is 5.91 Å². The summed E-state index contributed by atoms with van der Waals surface area (Å²) in [5.41, 5.74) is 1.08. The third-order valence-electron chi connectivity index (χ3n) is 2.02. The molecular weight excluding hydrogens is 274 g/mol. The lowest BCUT2D eigenvalue weighted by Crippen LogP contribution is -2.30. The highest BCUT2D eigenvalue weighted by Crippen LogP contribution is 2.28. The van der Waals surface area contributed by atoms with Crippen LogP contribution in [0, 0.1) is 19.3 Å². The average Bonchev–Trinajstić information content (AvgIpc) is 2.55. The Hall–Kier alpha value is -0.790. The zero-order valence-corrected chi connectivity index (χ0v) is 11.1. The summed E-state index contributed by atoms with van der Waals surface area (Å²) in [6, 6.07) is 1.89. The molecule has 0 atom stereocenters. The van der Waals surface area contributed by atoms with E-state index in [1.807, 2.05) is 19.9 Å². The molecule has 0 N–H and O–H groups in total. The number of carbonyl (C=O) groups excluding carboxylic acids is 1. The number of halogens is 1. The summed E-state index contributed by atoms with van der Waals surface area (Å²) in [7, 11) is 0. The Bertz CT molecular complexity index is 386. The summed E-state index contributed by atoms with van der Waals surface area (Å²) in [5, 5.41) is 0. The molecule has 1 aromatic heterocycles. The number of rotatable bonds is 3. The van der Waals surface area contributed by atoms with Gasteiger partial charge in [0.25, 0.3) is 5.91 Å². The van der Waals surface area contributed by atoms with Crippen molar-refractivity contribution < 1.29 is 4.79 Å². The maximum Gasteiger partial charge on any atom is 0.264 e. The molecular formula is C11H12BrNOS. The van der Waals surface area contributed by atoms with E-state index in [1.54, 1.807) is 4.90 Å². The molecule has 0 fully saturated rings. The maximum atomic E-state index is 12.0. The van der Waals surface area contributed by atoms with Crippen LogP contribution in [-0.2, 0) is 0 Å². The largest absolute Gasteiger partial charge is 0.327 e. The van der Waals surface area contributed by atoms with Crippen molar-refractivity contribution in [3.63, 3.8) is 0 Å². The summed E-state index contributed by atoms with van der Waals surface area (Å²) in [6.07, 6.45) is 5.21. The van der Waals surface area contributed by atoms with Crippen molar-refractivity contribution in [2.75, 3.05) is 13.1 Å². The molecule has 4 heteroatoms. The highest BCUT2D eigenvalue weighted by atomic mass is 79.9. The van der Waals surface area contributed by atoms with E-state index in [0.29, 0.717) is 13.1 Å². The van der Waals surface area contributed by atoms with Crippen molar-refractivity contribution >= 4 is 33.2 Å². The van der Waals surface area contributed by atoms with E-state index < -0.39 is 0 Å². The van der Waals surface area contributed by atoms with E-state index >= 15 is 0 Å². The minimum absolute atomic E-state index is 0.00856. The first-order chi connectivity index (χ1) is 7.10. The molecule has 0 aliphatic carbocycles. The van der Waals surface area contributed by atoms with Crippen LogP contribution < -0.4 is 0 Å². The fourth-order valence-corrected chi connectivity index (χ4v) is 2.66. The smallest absolute Gasteiger partial charge is 0.264 e. The van der Waals surface area contributed by atoms with Gasteiger partial charge in [-0.3, -0.25) is 4.79 Å². The van der Waals surface area contributed by atoms with Crippen LogP contribution in [0.1, 0.15) is 22.2 Å². The molecule has 1 rings (SSSR count). The Morgan fingerprint density at radius 3 is 2.80 bits per heavy atom. The van der Waals surface area contributed by atoms with Gasteiger partial charge in [0, 0.05) is 6.54 Å². The van der Waals surface area contributed by atoms with Gasteiger partial charge in [-0.1, -0.05) is 5.92 Å². The van der Waals surface area contributed by atoms with Crippen LogP contribution in [0.3, 0.4) is 0 Å². The van der Waals surface area contributed by atoms with E-state index in [1.165, 1.54) is 11.3 Å². The van der Waals surface area contributed by atoms with Crippen LogP contribution in [-0.4, -0.2) is 23.9 Å². The zero-order chi connectivity index (χ0) is 11.4. The first-order valence-corrected chi connectivity index (χ1v) is 6.19. The summed E-state index contributed by atoms with van der Waals surface area (Å²) in [4.78, 5) is 14.3. The third-order valence-corrected chi connectivity index (χ3v) is 4.14. The standard InChI is InChI=1S/C11H12BrNOS/c1-4-6-13(5-2)11(14)9-7-8(3)10(12)15-9/h1,7H,5-6H2,2-3H3. The van der Waals surface area contributed by atoms with E-state index in [4.69, 9.17) is 6.42 Å². The Morgan fingerprint density at radius 2 is 2.40 bits per heavy atom. The lowest BCUT2D eigenvalue weighted by atomic mass is 10.3. The number of carbonyl (C=O) groups is 1. The second-order valence-electron chi connectivity index (χ2n) is 3.09. The van der Waals surface area contributed by atoms with E-state index in [2.05, 4.69) is 21.9 Å². The minimum Gasteiger partial charge on any atom is -0.327 e. The van der Waals surface area contributed by atoms with Gasteiger partial charge in [-0.05, 0) is 41.4 Å². The van der Waals surface area contributed by atoms with Crippen molar-refractivity contribution in [1.82, 2.24) is 4.90 Å². The molecule has 0 saturated heterocycles. The Labute approximate surface area is 102 Å². The molecule has 0 spiro atoms. The van der Waals surface area contributed by atoms with Crippen molar-refractivity contribution in [2.45, 2.75) is 13.8 Å². The molecule has 2 nitrogen and oxygen atoms in total. The van der Waals surface area contributed by atoms with Gasteiger partial charge < -0.3 is 4.90 Å². The van der Waals surface area contributed by atoms with Crippen molar-refractivity contribution in [3.8, 4) is 12.3 Å². The highest BCUT2D eigenvalue weighted by molar-refractivity contribution is 9.11. The Kier molecular flexibility index (Phi) is 4.37. The monoisotopic (exact) mass is 285 g/mol. The third kappa shape index (κ3) is 2.83. The number of thiophene rings is 1. The molecule has 1 heterocycles. The molecule has 0 bridgehead atoms. The number of aryl methyl sites for hydroxylation is 1. The van der Waals surface area contributed by atoms with Crippen LogP contribution in [0.5, 0.6) is 0 Å². The average molecular weight is 286 g/mol. The second-order valence-corrected chi connectivity index (χ2v) is 5.46. The number of amides is 1. The molecule has 0 unspecified atom stereocenters. The second kappa shape index (κ2) is 5.34. The molecule has 1 aromatic rings. The molecule has 15 heavy (non-hydrogen) atoms. The van der Waals surface area contributed by atoms with Gasteiger partial charge in [0.15, 0.2) is 0 Å². The molecule has 0 saturated carbocycles. The lowest BCUT2D eigenvalue weighted by molar-refractivity contribution is 0.0789. The molecule has 0 aromatic carbocycles. The number of hydrogen-bond donors (Lipinski definition) is 0. The van der Waals surface area contributed by atoms with Gasteiger partial charge in [0.2, 0.25) is 0 Å². The van der Waals surface area contributed by atoms with Gasteiger partial charge in [0.05, 0.1) is 15.2 Å². The molecule has 0 aliphatic heterocycles. The van der Waals surface area contributed by atoms with Crippen LogP contribution in [0.2, 0.25) is 0 Å². The first-order valence-electron chi connectivity index (χ1n) is 4.58. The summed E-state index contributed by atoms with van der Waals surface area (Å²) < 4.78 is 1.00. The van der Waals surface area contributed by atoms with E-state index in [0.717, 1.165) is 14.2 Å². The quantitative estimate of drug-likeness (QED) is 0.782. The fourth-order valence-electron chi connectivity index (χ4n) is 1.16. The van der Waals surface area contributed by atoms with Crippen LogP contribution >= 0.6 is 27.3 Å². The fraction of sp³-hybridized carbons (Fsp3) is 0.364. The Morgan fingerprint density at radius 1 is 1.73 bits per heavy atom. The predicted molar refractivity (Wildman–Crippen MR) is 67.2 cm³/mol. The van der Waals surface area contributed by atoms with Crippen LogP contribution in [0.4, 0.5) is 0 Å². The SMILES string of the molecule is C#CCN(CC)C(=O)c1cc(C)c(Br)s1. The van der Waals surface area contributed by atoms with Crippen molar-refractivity contribution in [1.29, 1.82) is 0 Å². The van der Waals surface area contributed by atoms with Gasteiger partial charge in [-0.15, -0.1) is 17.8 Å². The number of nitrogens with zero attached hydrogens (tertiary/aromatic N) is 1. The lowest BCUT2D eigenvalue weighted by Gasteiger charge is -2.16. The highest BCUT2D eigenvalue weighted by Gasteiger charge is 2.16.